The van der Waals surface area contributed by atoms with Gasteiger partial charge in [0, 0.05) is 22.7 Å². The third kappa shape index (κ3) is 3.83. The molecule has 3 aromatic rings. The first-order valence-corrected chi connectivity index (χ1v) is 8.07. The second-order valence-corrected chi connectivity index (χ2v) is 6.32. The molecule has 0 aliphatic rings. The summed E-state index contributed by atoms with van der Waals surface area (Å²) in [5, 5.41) is 9.95. The van der Waals surface area contributed by atoms with E-state index in [2.05, 4.69) is 43.3 Å². The first-order chi connectivity index (χ1) is 10.3. The van der Waals surface area contributed by atoms with Crippen LogP contribution < -0.4 is 0 Å². The van der Waals surface area contributed by atoms with Crippen molar-refractivity contribution >= 4 is 38.6 Å². The van der Waals surface area contributed by atoms with Crippen LogP contribution in [0.5, 0.6) is 0 Å². The molecule has 0 saturated carbocycles. The third-order valence-electron chi connectivity index (χ3n) is 2.87. The van der Waals surface area contributed by atoms with Crippen LogP contribution >= 0.6 is 27.3 Å². The predicted octanol–water partition coefficient (Wildman–Crippen LogP) is 4.64. The number of rotatable bonds is 4. The zero-order valence-corrected chi connectivity index (χ0v) is 13.5. The van der Waals surface area contributed by atoms with Gasteiger partial charge in [0.05, 0.1) is 0 Å². The molecule has 3 rings (SSSR count). The molecule has 1 heterocycles. The summed E-state index contributed by atoms with van der Waals surface area (Å²) in [7, 11) is 0. The van der Waals surface area contributed by atoms with Crippen molar-refractivity contribution in [3.05, 3.63) is 75.2 Å². The Kier molecular flexibility index (Phi) is 4.52. The third-order valence-corrected chi connectivity index (χ3v) is 4.43. The molecule has 104 valence electrons. The number of benzene rings is 2. The average Bonchev–Trinajstić information content (AvgIpc) is 2.95. The van der Waals surface area contributed by atoms with Gasteiger partial charge in [0.25, 0.3) is 0 Å². The van der Waals surface area contributed by atoms with Crippen molar-refractivity contribution in [3.63, 3.8) is 0 Å². The molecule has 0 N–H and O–H groups in total. The Morgan fingerprint density at radius 1 is 1.00 bits per heavy atom. The summed E-state index contributed by atoms with van der Waals surface area (Å²) in [5.74, 6) is 0. The number of hydrogen-bond donors (Lipinski definition) is 0. The van der Waals surface area contributed by atoms with Crippen LogP contribution in [0, 0.1) is 0 Å². The van der Waals surface area contributed by atoms with Crippen LogP contribution in [-0.4, -0.2) is 16.4 Å². The Labute approximate surface area is 135 Å². The number of aliphatic imine (C=N–C) groups is 1. The summed E-state index contributed by atoms with van der Waals surface area (Å²) in [6.45, 7) is 0. The van der Waals surface area contributed by atoms with Crippen molar-refractivity contribution in [1.82, 2.24) is 10.2 Å². The van der Waals surface area contributed by atoms with Gasteiger partial charge < -0.3 is 0 Å². The van der Waals surface area contributed by atoms with Gasteiger partial charge in [0.1, 0.15) is 5.01 Å². The molecule has 0 amide bonds. The van der Waals surface area contributed by atoms with Gasteiger partial charge in [-0.05, 0) is 11.6 Å². The minimum atomic E-state index is 0.677. The lowest BCUT2D eigenvalue weighted by Crippen LogP contribution is -1.85. The van der Waals surface area contributed by atoms with Crippen molar-refractivity contribution in [3.8, 4) is 0 Å². The predicted molar refractivity (Wildman–Crippen MR) is 90.6 cm³/mol. The summed E-state index contributed by atoms with van der Waals surface area (Å²) in [6, 6.07) is 18.2. The van der Waals surface area contributed by atoms with Crippen molar-refractivity contribution < 1.29 is 0 Å². The Morgan fingerprint density at radius 2 is 1.76 bits per heavy atom. The highest BCUT2D eigenvalue weighted by Gasteiger charge is 2.04. The topological polar surface area (TPSA) is 38.1 Å². The van der Waals surface area contributed by atoms with Gasteiger partial charge >= 0.3 is 0 Å². The summed E-state index contributed by atoms with van der Waals surface area (Å²) < 4.78 is 1.02. The highest BCUT2D eigenvalue weighted by Crippen LogP contribution is 2.22. The quantitative estimate of drug-likeness (QED) is 0.637. The molecule has 21 heavy (non-hydrogen) atoms. The van der Waals surface area contributed by atoms with Crippen LogP contribution in [-0.2, 0) is 6.42 Å². The monoisotopic (exact) mass is 357 g/mol. The maximum absolute atomic E-state index is 4.39. The molecule has 0 atom stereocenters. The Hall–Kier alpha value is -1.85. The summed E-state index contributed by atoms with van der Waals surface area (Å²) >= 11 is 5.01. The minimum Gasteiger partial charge on any atom is -0.226 e. The van der Waals surface area contributed by atoms with Gasteiger partial charge in [-0.15, -0.1) is 10.2 Å². The Bertz CT molecular complexity index is 753. The summed E-state index contributed by atoms with van der Waals surface area (Å²) in [4.78, 5) is 4.39. The van der Waals surface area contributed by atoms with Crippen LogP contribution in [0.3, 0.4) is 0 Å². The van der Waals surface area contributed by atoms with E-state index in [0.29, 0.717) is 5.13 Å². The number of nitrogens with zero attached hydrogens (tertiary/aromatic N) is 3. The van der Waals surface area contributed by atoms with E-state index in [1.807, 2.05) is 42.5 Å². The fraction of sp³-hybridized carbons (Fsp3) is 0.0625. The highest BCUT2D eigenvalue weighted by atomic mass is 79.9. The van der Waals surface area contributed by atoms with Gasteiger partial charge in [-0.1, -0.05) is 75.8 Å². The Morgan fingerprint density at radius 3 is 2.57 bits per heavy atom. The van der Waals surface area contributed by atoms with Crippen molar-refractivity contribution in [2.75, 3.05) is 0 Å². The molecule has 0 radical (unpaired) electrons. The molecule has 0 aliphatic carbocycles. The van der Waals surface area contributed by atoms with Crippen LogP contribution in [0.25, 0.3) is 0 Å². The highest BCUT2D eigenvalue weighted by molar-refractivity contribution is 9.10. The maximum atomic E-state index is 4.39. The molecular weight excluding hydrogens is 346 g/mol. The lowest BCUT2D eigenvalue weighted by Gasteiger charge is -1.95. The van der Waals surface area contributed by atoms with Crippen LogP contribution in [0.4, 0.5) is 5.13 Å². The van der Waals surface area contributed by atoms with Gasteiger partial charge in [0.2, 0.25) is 5.13 Å². The average molecular weight is 358 g/mol. The van der Waals surface area contributed by atoms with E-state index in [1.54, 1.807) is 6.21 Å². The van der Waals surface area contributed by atoms with Crippen molar-refractivity contribution in [1.29, 1.82) is 0 Å². The van der Waals surface area contributed by atoms with E-state index in [4.69, 9.17) is 0 Å². The van der Waals surface area contributed by atoms with Crippen LogP contribution in [0.1, 0.15) is 16.1 Å². The lowest BCUT2D eigenvalue weighted by molar-refractivity contribution is 1.00. The maximum Gasteiger partial charge on any atom is 0.231 e. The number of hydrogen-bond acceptors (Lipinski definition) is 4. The molecule has 0 fully saturated rings. The lowest BCUT2D eigenvalue weighted by atomic mass is 10.2. The van der Waals surface area contributed by atoms with Crippen LogP contribution in [0.2, 0.25) is 0 Å². The minimum absolute atomic E-state index is 0.677. The smallest absolute Gasteiger partial charge is 0.226 e. The fourth-order valence-corrected chi connectivity index (χ4v) is 2.95. The number of aromatic nitrogens is 2. The molecule has 0 saturated heterocycles. The van der Waals surface area contributed by atoms with E-state index in [9.17, 15) is 0 Å². The molecule has 5 heteroatoms. The van der Waals surface area contributed by atoms with E-state index >= 15 is 0 Å². The first-order valence-electron chi connectivity index (χ1n) is 6.46. The summed E-state index contributed by atoms with van der Waals surface area (Å²) in [5.41, 5.74) is 2.26. The van der Waals surface area contributed by atoms with Crippen LogP contribution in [0.15, 0.2) is 64.1 Å². The van der Waals surface area contributed by atoms with E-state index in [0.717, 1.165) is 21.5 Å². The molecule has 0 spiro atoms. The standard InChI is InChI=1S/C16H12BrN3S/c17-14-9-5-4-8-13(14)11-18-16-20-19-15(21-16)10-12-6-2-1-3-7-12/h1-9,11H,10H2. The van der Waals surface area contributed by atoms with Gasteiger partial charge in [-0.2, -0.15) is 0 Å². The first kappa shape index (κ1) is 14.1. The molecule has 1 aromatic heterocycles. The van der Waals surface area contributed by atoms with E-state index in [1.165, 1.54) is 16.9 Å². The molecule has 0 aliphatic heterocycles. The van der Waals surface area contributed by atoms with E-state index < -0.39 is 0 Å². The molecule has 2 aromatic carbocycles. The Balaban J connectivity index is 1.72. The zero-order valence-electron chi connectivity index (χ0n) is 11.1. The molecule has 3 nitrogen and oxygen atoms in total. The second-order valence-electron chi connectivity index (χ2n) is 4.42. The van der Waals surface area contributed by atoms with Crippen molar-refractivity contribution in [2.24, 2.45) is 4.99 Å². The largest absolute Gasteiger partial charge is 0.231 e. The zero-order chi connectivity index (χ0) is 14.5. The second kappa shape index (κ2) is 6.74. The molecular formula is C16H12BrN3S. The van der Waals surface area contributed by atoms with Gasteiger partial charge in [-0.25, -0.2) is 4.99 Å². The van der Waals surface area contributed by atoms with Gasteiger partial charge in [-0.3, -0.25) is 0 Å². The fourth-order valence-electron chi connectivity index (χ4n) is 1.84. The molecule has 0 bridgehead atoms. The number of halogens is 1. The van der Waals surface area contributed by atoms with Crippen molar-refractivity contribution in [2.45, 2.75) is 6.42 Å². The SMILES string of the molecule is Brc1ccccc1C=Nc1nnc(Cc2ccccc2)s1. The summed E-state index contributed by atoms with van der Waals surface area (Å²) in [6.07, 6.45) is 2.60. The molecule has 0 unspecified atom stereocenters. The van der Waals surface area contributed by atoms with E-state index in [-0.39, 0.29) is 0 Å². The normalized spacial score (nSPS) is 11.1. The van der Waals surface area contributed by atoms with Gasteiger partial charge in [0.15, 0.2) is 0 Å².